The molecule has 0 unspecified atom stereocenters. The van der Waals surface area contributed by atoms with E-state index in [0.717, 1.165) is 36.7 Å². The summed E-state index contributed by atoms with van der Waals surface area (Å²) in [5, 5.41) is 11.4. The Hall–Kier alpha value is -2.92. The van der Waals surface area contributed by atoms with Crippen LogP contribution in [0.2, 0.25) is 0 Å². The maximum Gasteiger partial charge on any atom is 0.416 e. The lowest BCUT2D eigenvalue weighted by molar-refractivity contribution is -0.137. The Morgan fingerprint density at radius 1 is 1.25 bits per heavy atom. The van der Waals surface area contributed by atoms with E-state index >= 15 is 0 Å². The van der Waals surface area contributed by atoms with E-state index in [-0.39, 0.29) is 23.5 Å². The molecule has 1 aliphatic rings. The number of ether oxygens (including phenoxy) is 1. The molecular formula is C21H20F3N5O2S. The molecule has 2 aromatic heterocycles. The number of rotatable bonds is 7. The predicted octanol–water partition coefficient (Wildman–Crippen LogP) is 3.74. The van der Waals surface area contributed by atoms with Crippen LogP contribution >= 0.6 is 11.8 Å². The molecule has 1 aromatic carbocycles. The van der Waals surface area contributed by atoms with Crippen molar-refractivity contribution in [1.29, 1.82) is 0 Å². The van der Waals surface area contributed by atoms with E-state index in [0.29, 0.717) is 29.7 Å². The van der Waals surface area contributed by atoms with E-state index in [2.05, 4.69) is 20.5 Å². The number of hydrogen-bond donors (Lipinski definition) is 1. The van der Waals surface area contributed by atoms with Crippen molar-refractivity contribution in [2.24, 2.45) is 0 Å². The summed E-state index contributed by atoms with van der Waals surface area (Å²) < 4.78 is 46.8. The molecule has 11 heteroatoms. The number of thioether (sulfide) groups is 1. The second kappa shape index (κ2) is 9.70. The van der Waals surface area contributed by atoms with Gasteiger partial charge in [0, 0.05) is 31.1 Å². The van der Waals surface area contributed by atoms with Gasteiger partial charge in [-0.1, -0.05) is 17.8 Å². The van der Waals surface area contributed by atoms with Crippen molar-refractivity contribution in [3.63, 3.8) is 0 Å². The summed E-state index contributed by atoms with van der Waals surface area (Å²) in [7, 11) is 0. The van der Waals surface area contributed by atoms with Gasteiger partial charge in [-0.15, -0.1) is 10.2 Å². The van der Waals surface area contributed by atoms with Crippen LogP contribution in [-0.4, -0.2) is 50.7 Å². The molecule has 0 saturated carbocycles. The maximum absolute atomic E-state index is 13.3. The SMILES string of the molecule is O=C(CSc1nnc(-c2cccnc2)n1-c1cccc(C(F)(F)F)c1)NC[C@@H]1CCCO1. The zero-order valence-electron chi connectivity index (χ0n) is 16.9. The molecule has 0 spiro atoms. The number of nitrogens with zero attached hydrogens (tertiary/aromatic N) is 4. The van der Waals surface area contributed by atoms with E-state index in [1.807, 2.05) is 0 Å². The Kier molecular flexibility index (Phi) is 6.75. The predicted molar refractivity (Wildman–Crippen MR) is 112 cm³/mol. The number of halogens is 3. The fourth-order valence-electron chi connectivity index (χ4n) is 3.31. The van der Waals surface area contributed by atoms with Gasteiger partial charge < -0.3 is 10.1 Å². The van der Waals surface area contributed by atoms with Crippen LogP contribution in [0.4, 0.5) is 13.2 Å². The van der Waals surface area contributed by atoms with E-state index < -0.39 is 11.7 Å². The van der Waals surface area contributed by atoms with Gasteiger partial charge in [0.1, 0.15) is 0 Å². The van der Waals surface area contributed by atoms with Crippen LogP contribution in [0.3, 0.4) is 0 Å². The lowest BCUT2D eigenvalue weighted by Crippen LogP contribution is -2.32. The first-order valence-electron chi connectivity index (χ1n) is 9.96. The van der Waals surface area contributed by atoms with Crippen molar-refractivity contribution in [2.45, 2.75) is 30.3 Å². The molecular weight excluding hydrogens is 443 g/mol. The minimum Gasteiger partial charge on any atom is -0.376 e. The first-order valence-corrected chi connectivity index (χ1v) is 10.9. The molecule has 168 valence electrons. The Bertz CT molecular complexity index is 1070. The Morgan fingerprint density at radius 3 is 2.84 bits per heavy atom. The summed E-state index contributed by atoms with van der Waals surface area (Å²) in [6.45, 7) is 1.13. The van der Waals surface area contributed by atoms with Gasteiger partial charge in [0.15, 0.2) is 11.0 Å². The zero-order chi connectivity index (χ0) is 22.6. The average molecular weight is 463 g/mol. The summed E-state index contributed by atoms with van der Waals surface area (Å²) >= 11 is 1.10. The molecule has 3 aromatic rings. The molecule has 0 aliphatic carbocycles. The number of alkyl halides is 3. The molecule has 0 radical (unpaired) electrons. The van der Waals surface area contributed by atoms with Gasteiger partial charge in [-0.05, 0) is 43.2 Å². The first kappa shape index (κ1) is 22.3. The number of aromatic nitrogens is 4. The Morgan fingerprint density at radius 2 is 2.12 bits per heavy atom. The minimum atomic E-state index is -4.49. The van der Waals surface area contributed by atoms with E-state index in [1.54, 1.807) is 30.6 Å². The van der Waals surface area contributed by atoms with E-state index in [9.17, 15) is 18.0 Å². The molecule has 1 aliphatic heterocycles. The van der Waals surface area contributed by atoms with Crippen molar-refractivity contribution in [2.75, 3.05) is 18.9 Å². The van der Waals surface area contributed by atoms with E-state index in [1.165, 1.54) is 10.6 Å². The van der Waals surface area contributed by atoms with Crippen LogP contribution in [0.15, 0.2) is 53.9 Å². The van der Waals surface area contributed by atoms with Crippen molar-refractivity contribution < 1.29 is 22.7 Å². The fourth-order valence-corrected chi connectivity index (χ4v) is 4.10. The summed E-state index contributed by atoms with van der Waals surface area (Å²) in [4.78, 5) is 16.3. The van der Waals surface area contributed by atoms with Crippen LogP contribution in [-0.2, 0) is 15.7 Å². The molecule has 4 rings (SSSR count). The number of pyridine rings is 1. The minimum absolute atomic E-state index is 0.0231. The quantitative estimate of drug-likeness (QED) is 0.538. The lowest BCUT2D eigenvalue weighted by Gasteiger charge is -2.13. The topological polar surface area (TPSA) is 81.9 Å². The van der Waals surface area contributed by atoms with Gasteiger partial charge in [-0.2, -0.15) is 13.2 Å². The Balaban J connectivity index is 1.59. The summed E-state index contributed by atoms with van der Waals surface area (Å²) in [5.74, 6) is 0.156. The molecule has 1 saturated heterocycles. The van der Waals surface area contributed by atoms with Crippen molar-refractivity contribution in [3.05, 3.63) is 54.4 Å². The van der Waals surface area contributed by atoms with Crippen LogP contribution in [0.5, 0.6) is 0 Å². The summed E-state index contributed by atoms with van der Waals surface area (Å²) in [5.41, 5.74) is 0.0455. The molecule has 1 amide bonds. The molecule has 1 fully saturated rings. The number of benzene rings is 1. The van der Waals surface area contributed by atoms with E-state index in [4.69, 9.17) is 4.74 Å². The highest BCUT2D eigenvalue weighted by Crippen LogP contribution is 2.33. The second-order valence-electron chi connectivity index (χ2n) is 7.16. The highest BCUT2D eigenvalue weighted by Gasteiger charge is 2.31. The normalized spacial score (nSPS) is 16.3. The third-order valence-electron chi connectivity index (χ3n) is 4.87. The molecule has 32 heavy (non-hydrogen) atoms. The molecule has 3 heterocycles. The lowest BCUT2D eigenvalue weighted by atomic mass is 10.2. The Labute approximate surface area is 186 Å². The van der Waals surface area contributed by atoms with Gasteiger partial charge in [-0.3, -0.25) is 14.3 Å². The highest BCUT2D eigenvalue weighted by molar-refractivity contribution is 7.99. The standard InChI is InChI=1S/C21H20F3N5O2S/c22-21(23,24)15-5-1-6-16(10-15)29-19(14-4-2-8-25-11-14)27-28-20(29)32-13-18(30)26-12-17-7-3-9-31-17/h1-2,4-6,8,10-11,17H,3,7,9,12-13H2,(H,26,30)/t17-/m0/s1. The number of carbonyl (C=O) groups excluding carboxylic acids is 1. The largest absolute Gasteiger partial charge is 0.416 e. The molecule has 1 N–H and O–H groups in total. The molecule has 0 bridgehead atoms. The summed E-state index contributed by atoms with van der Waals surface area (Å²) in [6, 6.07) is 8.34. The van der Waals surface area contributed by atoms with Crippen molar-refractivity contribution in [1.82, 2.24) is 25.1 Å². The van der Waals surface area contributed by atoms with Crippen LogP contribution in [0, 0.1) is 0 Å². The van der Waals surface area contributed by atoms with Crippen LogP contribution in [0.1, 0.15) is 18.4 Å². The molecule has 7 nitrogen and oxygen atoms in total. The summed E-state index contributed by atoms with van der Waals surface area (Å²) in [6.07, 6.45) is 0.556. The number of nitrogens with one attached hydrogen (secondary N) is 1. The second-order valence-corrected chi connectivity index (χ2v) is 8.10. The smallest absolute Gasteiger partial charge is 0.376 e. The van der Waals surface area contributed by atoms with Crippen LogP contribution in [0.25, 0.3) is 17.1 Å². The first-order chi connectivity index (χ1) is 15.4. The number of amides is 1. The van der Waals surface area contributed by atoms with Crippen molar-refractivity contribution >= 4 is 17.7 Å². The van der Waals surface area contributed by atoms with Crippen LogP contribution < -0.4 is 5.32 Å². The van der Waals surface area contributed by atoms with Gasteiger partial charge in [0.05, 0.1) is 23.1 Å². The number of hydrogen-bond acceptors (Lipinski definition) is 6. The van der Waals surface area contributed by atoms with Gasteiger partial charge in [-0.25, -0.2) is 0 Å². The number of carbonyl (C=O) groups is 1. The van der Waals surface area contributed by atoms with Gasteiger partial charge >= 0.3 is 6.18 Å². The third kappa shape index (κ3) is 5.28. The third-order valence-corrected chi connectivity index (χ3v) is 5.80. The highest BCUT2D eigenvalue weighted by atomic mass is 32.2. The average Bonchev–Trinajstić information content (AvgIpc) is 3.46. The van der Waals surface area contributed by atoms with Crippen molar-refractivity contribution in [3.8, 4) is 17.1 Å². The zero-order valence-corrected chi connectivity index (χ0v) is 17.7. The monoisotopic (exact) mass is 463 g/mol. The fraction of sp³-hybridized carbons (Fsp3) is 0.333. The maximum atomic E-state index is 13.3. The molecule has 1 atom stereocenters. The van der Waals surface area contributed by atoms with Gasteiger partial charge in [0.2, 0.25) is 5.91 Å². The van der Waals surface area contributed by atoms with Gasteiger partial charge in [0.25, 0.3) is 0 Å².